The molecule has 0 radical (unpaired) electrons. The van der Waals surface area contributed by atoms with Crippen molar-refractivity contribution in [3.05, 3.63) is 47.5 Å². The van der Waals surface area contributed by atoms with Crippen LogP contribution in [-0.2, 0) is 40.2 Å². The summed E-state index contributed by atoms with van der Waals surface area (Å²) in [5.41, 5.74) is 13.4. The molecule has 6 N–H and O–H groups in total. The Labute approximate surface area is 299 Å². The van der Waals surface area contributed by atoms with Crippen molar-refractivity contribution in [1.29, 1.82) is 0 Å². The third-order valence-electron chi connectivity index (χ3n) is 8.82. The Morgan fingerprint density at radius 3 is 2.14 bits per heavy atom. The first-order valence-electron chi connectivity index (χ1n) is 16.9. The van der Waals surface area contributed by atoms with Crippen molar-refractivity contribution in [2.45, 2.75) is 52.1 Å². The number of aliphatic hydroxyl groups excluding tert-OH is 1. The number of ketones is 3. The van der Waals surface area contributed by atoms with Gasteiger partial charge in [0.1, 0.15) is 46.4 Å². The summed E-state index contributed by atoms with van der Waals surface area (Å²) in [5, 5.41) is 12.8. The number of nitrogens with one attached hydrogen (secondary N) is 1. The van der Waals surface area contributed by atoms with Gasteiger partial charge in [0.15, 0.2) is 11.6 Å². The van der Waals surface area contributed by atoms with Gasteiger partial charge in [-0.05, 0) is 48.7 Å². The Hall–Kier alpha value is -4.18. The van der Waals surface area contributed by atoms with Gasteiger partial charge in [0.2, 0.25) is 11.8 Å². The maximum absolute atomic E-state index is 14.2. The second kappa shape index (κ2) is 18.4. The number of hydrogen-bond donors (Lipinski definition) is 4. The number of carbonyl (C=O) groups is 5. The van der Waals surface area contributed by atoms with Crippen LogP contribution in [0.2, 0.25) is 0 Å². The second-order valence-electron chi connectivity index (χ2n) is 13.2. The predicted molar refractivity (Wildman–Crippen MR) is 191 cm³/mol. The predicted octanol–water partition coefficient (Wildman–Crippen LogP) is 1.00. The molecule has 51 heavy (non-hydrogen) atoms. The monoisotopic (exact) mass is 730 g/mol. The molecule has 0 fully saturated rings. The summed E-state index contributed by atoms with van der Waals surface area (Å²) in [5.74, 6) is -5.20. The van der Waals surface area contributed by atoms with Crippen LogP contribution in [0.5, 0.6) is 11.5 Å². The molecule has 1 aliphatic rings. The molecule has 2 amide bonds. The van der Waals surface area contributed by atoms with E-state index in [1.165, 1.54) is 20.9 Å². The Balaban J connectivity index is 2.31. The van der Waals surface area contributed by atoms with Gasteiger partial charge < -0.3 is 36.3 Å². The molecule has 1 aliphatic heterocycles. The van der Waals surface area contributed by atoms with Crippen molar-refractivity contribution in [1.82, 2.24) is 10.2 Å². The quantitative estimate of drug-likeness (QED) is 0.201. The van der Waals surface area contributed by atoms with Crippen LogP contribution in [0.3, 0.4) is 0 Å². The fraction of sp³-hybridized carbons (Fsp3) is 0.528. The number of sulfone groups is 1. The highest BCUT2D eigenvalue weighted by Crippen LogP contribution is 2.40. The summed E-state index contributed by atoms with van der Waals surface area (Å²) in [4.78, 5) is 68.2. The maximum Gasteiger partial charge on any atom is 0.229 e. The number of carbonyl (C=O) groups excluding carboxylic acids is 5. The van der Waals surface area contributed by atoms with Gasteiger partial charge in [-0.1, -0.05) is 26.0 Å². The number of likely N-dealkylation sites (N-methyl/N-ethyl adjacent to an activating group) is 1. The van der Waals surface area contributed by atoms with Gasteiger partial charge in [0.05, 0.1) is 24.3 Å². The lowest BCUT2D eigenvalue weighted by molar-refractivity contribution is -0.142. The third-order valence-corrected chi connectivity index (χ3v) is 9.83. The lowest BCUT2D eigenvalue weighted by atomic mass is 9.88. The van der Waals surface area contributed by atoms with E-state index in [4.69, 9.17) is 20.9 Å². The van der Waals surface area contributed by atoms with Crippen molar-refractivity contribution in [2.24, 2.45) is 29.2 Å². The van der Waals surface area contributed by atoms with Gasteiger partial charge in [-0.25, -0.2) is 8.42 Å². The van der Waals surface area contributed by atoms with Crippen molar-refractivity contribution in [3.63, 3.8) is 0 Å². The molecule has 2 aromatic carbocycles. The topological polar surface area (TPSA) is 225 Å². The van der Waals surface area contributed by atoms with Crippen LogP contribution in [0.25, 0.3) is 11.1 Å². The van der Waals surface area contributed by atoms with Crippen LogP contribution in [0, 0.1) is 17.8 Å². The number of fused-ring (bicyclic) bond motifs is 5. The van der Waals surface area contributed by atoms with Crippen molar-refractivity contribution >= 4 is 39.0 Å². The molecular weight excluding hydrogens is 680 g/mol. The zero-order valence-corrected chi connectivity index (χ0v) is 30.7. The summed E-state index contributed by atoms with van der Waals surface area (Å²) in [6, 6.07) is 7.74. The highest BCUT2D eigenvalue weighted by Gasteiger charge is 2.36. The molecule has 2 aromatic rings. The largest absolute Gasteiger partial charge is 0.492 e. The van der Waals surface area contributed by atoms with Crippen LogP contribution in [0.1, 0.15) is 50.8 Å². The van der Waals surface area contributed by atoms with E-state index in [9.17, 15) is 37.5 Å². The van der Waals surface area contributed by atoms with Gasteiger partial charge in [-0.2, -0.15) is 0 Å². The van der Waals surface area contributed by atoms with Crippen molar-refractivity contribution in [2.75, 3.05) is 52.0 Å². The van der Waals surface area contributed by atoms with Crippen LogP contribution in [0.4, 0.5) is 0 Å². The number of Topliss-reactive ketones (excluding diaryl/α,β-unsaturated/α-hetero) is 3. The van der Waals surface area contributed by atoms with E-state index in [2.05, 4.69) is 5.32 Å². The number of hydrogen-bond acceptors (Lipinski definition) is 12. The van der Waals surface area contributed by atoms with E-state index < -0.39 is 69.6 Å². The van der Waals surface area contributed by atoms with E-state index >= 15 is 0 Å². The average molecular weight is 731 g/mol. The summed E-state index contributed by atoms with van der Waals surface area (Å²) in [6.07, 6.45) is 0.554. The molecule has 0 aliphatic carbocycles. The van der Waals surface area contributed by atoms with Gasteiger partial charge >= 0.3 is 0 Å². The molecule has 15 heteroatoms. The SMILES string of the molecule is CC(=O)[C@H](C)CC(=O)[C@@H]1Cc2ccc(OCCN)c(c2)-c2cc(ccc2OCCN)[C@H](N(C)C(=O)[C@H](CO)CS(C)(=O)=O)C(=O)C[C@@H](C)C(=O)N1. The minimum atomic E-state index is -3.69. The molecule has 14 nitrogen and oxygen atoms in total. The molecule has 3 rings (SSSR count). The second-order valence-corrected chi connectivity index (χ2v) is 15.4. The van der Waals surface area contributed by atoms with Gasteiger partial charge in [0.25, 0.3) is 0 Å². The Bertz CT molecular complexity index is 1710. The molecule has 0 aromatic heterocycles. The third kappa shape index (κ3) is 11.2. The normalized spacial score (nSPS) is 19.3. The highest BCUT2D eigenvalue weighted by molar-refractivity contribution is 7.90. The molecule has 0 saturated heterocycles. The van der Waals surface area contributed by atoms with Crippen LogP contribution >= 0.6 is 0 Å². The lowest BCUT2D eigenvalue weighted by Crippen LogP contribution is -2.46. The molecule has 1 heterocycles. The van der Waals surface area contributed by atoms with Gasteiger partial charge in [0, 0.05) is 62.2 Å². The van der Waals surface area contributed by atoms with Gasteiger partial charge in [-0.3, -0.25) is 24.0 Å². The van der Waals surface area contributed by atoms with E-state index in [1.807, 2.05) is 0 Å². The summed E-state index contributed by atoms with van der Waals surface area (Å²) >= 11 is 0. The number of nitrogens with zero attached hydrogens (tertiary/aromatic N) is 1. The minimum absolute atomic E-state index is 0.0709. The first-order valence-corrected chi connectivity index (χ1v) is 18.9. The fourth-order valence-electron chi connectivity index (χ4n) is 5.93. The minimum Gasteiger partial charge on any atom is -0.492 e. The van der Waals surface area contributed by atoms with Gasteiger partial charge in [-0.15, -0.1) is 0 Å². The Kier molecular flexibility index (Phi) is 14.8. The van der Waals surface area contributed by atoms with Crippen molar-refractivity contribution < 1.29 is 47.0 Å². The average Bonchev–Trinajstić information content (AvgIpc) is 3.07. The molecule has 280 valence electrons. The summed E-state index contributed by atoms with van der Waals surface area (Å²) < 4.78 is 36.2. The molecule has 5 atom stereocenters. The maximum atomic E-state index is 14.2. The molecule has 0 unspecified atom stereocenters. The number of rotatable bonds is 15. The fourth-order valence-corrected chi connectivity index (χ4v) is 6.91. The zero-order chi connectivity index (χ0) is 38.0. The standard InChI is InChI=1S/C36H50N4O10S/c1-21(23(3)42)14-30(43)29-17-24-6-8-32(49-12-10-37)27(16-24)28-18-25(7-9-33(28)50-13-11-38)34(31(44)15-22(2)35(45)39-29)40(4)36(46)26(19-41)20-51(5,47)48/h6-9,16,18,21-22,26,29,34,41H,10-15,17,19-20,37-38H2,1-5H3,(H,39,45)/t21-,22-,26-,29+,34+/m1/s1. The summed E-state index contributed by atoms with van der Waals surface area (Å²) in [6.45, 7) is 4.47. The van der Waals surface area contributed by atoms with E-state index in [0.29, 0.717) is 33.8 Å². The van der Waals surface area contributed by atoms with Crippen LogP contribution in [0.15, 0.2) is 36.4 Å². The number of nitrogens with two attached hydrogens (primary N) is 2. The summed E-state index contributed by atoms with van der Waals surface area (Å²) in [7, 11) is -2.35. The first-order chi connectivity index (χ1) is 24.0. The van der Waals surface area contributed by atoms with Crippen LogP contribution < -0.4 is 26.3 Å². The van der Waals surface area contributed by atoms with E-state index in [0.717, 1.165) is 11.2 Å². The zero-order valence-electron chi connectivity index (χ0n) is 29.8. The molecular formula is C36H50N4O10S. The first kappa shape index (κ1) is 41.2. The number of benzene rings is 2. The van der Waals surface area contributed by atoms with Crippen molar-refractivity contribution in [3.8, 4) is 22.6 Å². The number of aliphatic hydroxyl groups is 1. The molecule has 0 spiro atoms. The Morgan fingerprint density at radius 2 is 1.59 bits per heavy atom. The molecule has 4 bridgehead atoms. The molecule has 0 saturated carbocycles. The lowest BCUT2D eigenvalue weighted by Gasteiger charge is -2.32. The number of ether oxygens (including phenoxy) is 2. The Morgan fingerprint density at radius 1 is 1.00 bits per heavy atom. The smallest absolute Gasteiger partial charge is 0.229 e. The van der Waals surface area contributed by atoms with Crippen LogP contribution in [-0.4, -0.2) is 106 Å². The van der Waals surface area contributed by atoms with E-state index in [-0.39, 0.29) is 57.1 Å². The van der Waals surface area contributed by atoms with E-state index in [1.54, 1.807) is 43.3 Å². The number of amides is 2. The highest BCUT2D eigenvalue weighted by atomic mass is 32.2.